The maximum Gasteiger partial charge on any atom is 0.369 e. The molecule has 0 aliphatic heterocycles. The van der Waals surface area contributed by atoms with E-state index in [9.17, 15) is 14.4 Å². The first-order valence-electron chi connectivity index (χ1n) is 7.79. The van der Waals surface area contributed by atoms with Crippen molar-refractivity contribution in [3.63, 3.8) is 0 Å². The molecule has 9 nitrogen and oxygen atoms in total. The summed E-state index contributed by atoms with van der Waals surface area (Å²) in [6.45, 7) is 6.86. The van der Waals surface area contributed by atoms with Crippen molar-refractivity contribution in [3.8, 4) is 6.07 Å². The number of thiophene rings is 1. The largest absolute Gasteiger partial charge is 0.462 e. The lowest BCUT2D eigenvalue weighted by Crippen LogP contribution is -2.17. The highest BCUT2D eigenvalue weighted by atomic mass is 32.1. The number of nitriles is 1. The van der Waals surface area contributed by atoms with Crippen LogP contribution in [0.2, 0.25) is 0 Å². The molecule has 140 valence electrons. The highest BCUT2D eigenvalue weighted by molar-refractivity contribution is 7.18. The molecule has 0 fully saturated rings. The van der Waals surface area contributed by atoms with Crippen molar-refractivity contribution in [1.29, 1.82) is 5.26 Å². The van der Waals surface area contributed by atoms with Gasteiger partial charge in [0.05, 0.1) is 25.4 Å². The molecular weight excluding hydrogens is 362 g/mol. The van der Waals surface area contributed by atoms with E-state index in [-0.39, 0.29) is 35.3 Å². The van der Waals surface area contributed by atoms with Gasteiger partial charge in [-0.1, -0.05) is 0 Å². The van der Waals surface area contributed by atoms with Crippen molar-refractivity contribution in [2.45, 2.75) is 27.7 Å². The molecule has 0 spiro atoms. The molecule has 0 saturated carbocycles. The molecule has 0 aromatic carbocycles. The minimum atomic E-state index is -0.904. The standard InChI is InChI=1S/C16H19N3O6S/c1-5-23-14(20)10(8-17)18-19-13-11(15(21)24-6-2)9(4)12(26-13)16(22)25-7-3/h19H,5-7H2,1-4H3. The first-order valence-corrected chi connectivity index (χ1v) is 8.61. The van der Waals surface area contributed by atoms with E-state index in [0.717, 1.165) is 11.3 Å². The number of hydrogen-bond donors (Lipinski definition) is 1. The van der Waals surface area contributed by atoms with Gasteiger partial charge in [-0.05, 0) is 33.3 Å². The molecule has 1 aromatic rings. The topological polar surface area (TPSA) is 127 Å². The highest BCUT2D eigenvalue weighted by Gasteiger charge is 2.26. The summed E-state index contributed by atoms with van der Waals surface area (Å²) < 4.78 is 14.7. The zero-order valence-electron chi connectivity index (χ0n) is 14.9. The molecule has 0 aliphatic rings. The van der Waals surface area contributed by atoms with Gasteiger partial charge in [0.25, 0.3) is 0 Å². The van der Waals surface area contributed by atoms with E-state index in [0.29, 0.717) is 5.56 Å². The van der Waals surface area contributed by atoms with Gasteiger partial charge in [-0.3, -0.25) is 5.43 Å². The molecule has 0 bridgehead atoms. The first kappa shape index (κ1) is 21.1. The van der Waals surface area contributed by atoms with Crippen LogP contribution in [0.5, 0.6) is 0 Å². The SMILES string of the molecule is CCOC(=O)C(C#N)=NNc1sc(C(=O)OCC)c(C)c1C(=O)OCC. The summed E-state index contributed by atoms with van der Waals surface area (Å²) in [6, 6.07) is 1.61. The van der Waals surface area contributed by atoms with Crippen LogP contribution in [0.3, 0.4) is 0 Å². The average molecular weight is 381 g/mol. The van der Waals surface area contributed by atoms with E-state index in [2.05, 4.69) is 10.5 Å². The summed E-state index contributed by atoms with van der Waals surface area (Å²) in [5.74, 6) is -2.16. The molecule has 1 heterocycles. The van der Waals surface area contributed by atoms with Gasteiger partial charge in [-0.25, -0.2) is 14.4 Å². The predicted octanol–water partition coefficient (Wildman–Crippen LogP) is 2.26. The van der Waals surface area contributed by atoms with Crippen LogP contribution < -0.4 is 5.43 Å². The van der Waals surface area contributed by atoms with Crippen LogP contribution in [0.1, 0.15) is 46.4 Å². The summed E-state index contributed by atoms with van der Waals surface area (Å²) in [6.07, 6.45) is 0. The molecule has 0 aliphatic carbocycles. The molecule has 0 saturated heterocycles. The quantitative estimate of drug-likeness (QED) is 0.314. The van der Waals surface area contributed by atoms with Crippen molar-refractivity contribution >= 4 is 40.0 Å². The number of carbonyl (C=O) groups is 3. The van der Waals surface area contributed by atoms with Gasteiger partial charge >= 0.3 is 17.9 Å². The van der Waals surface area contributed by atoms with Crippen LogP contribution in [0.4, 0.5) is 5.00 Å². The predicted molar refractivity (Wildman–Crippen MR) is 94.3 cm³/mol. The van der Waals surface area contributed by atoms with Crippen LogP contribution in [-0.4, -0.2) is 43.4 Å². The zero-order valence-corrected chi connectivity index (χ0v) is 15.7. The fraction of sp³-hybridized carbons (Fsp3) is 0.438. The lowest BCUT2D eigenvalue weighted by atomic mass is 10.1. The zero-order chi connectivity index (χ0) is 19.7. The molecule has 26 heavy (non-hydrogen) atoms. The molecular formula is C16H19N3O6S. The Labute approximate surface area is 154 Å². The number of ether oxygens (including phenoxy) is 3. The van der Waals surface area contributed by atoms with Gasteiger partial charge in [0, 0.05) is 0 Å². The average Bonchev–Trinajstić information content (AvgIpc) is 2.92. The number of hydrazone groups is 1. The van der Waals surface area contributed by atoms with Gasteiger partial charge in [-0.15, -0.1) is 11.3 Å². The van der Waals surface area contributed by atoms with Crippen molar-refractivity contribution in [1.82, 2.24) is 0 Å². The van der Waals surface area contributed by atoms with Crippen LogP contribution in [0.15, 0.2) is 5.10 Å². The number of anilines is 1. The lowest BCUT2D eigenvalue weighted by Gasteiger charge is -2.05. The number of hydrogen-bond acceptors (Lipinski definition) is 10. The molecule has 1 N–H and O–H groups in total. The molecule has 0 atom stereocenters. The second-order valence-electron chi connectivity index (χ2n) is 4.61. The Hall–Kier alpha value is -2.93. The van der Waals surface area contributed by atoms with E-state index in [4.69, 9.17) is 19.5 Å². The van der Waals surface area contributed by atoms with Gasteiger partial charge < -0.3 is 14.2 Å². The molecule has 0 amide bonds. The summed E-state index contributed by atoms with van der Waals surface area (Å²) in [5, 5.41) is 12.8. The summed E-state index contributed by atoms with van der Waals surface area (Å²) in [5.41, 5.74) is 2.40. The Morgan fingerprint density at radius 3 is 2.19 bits per heavy atom. The monoisotopic (exact) mass is 381 g/mol. The normalized spacial score (nSPS) is 10.7. The minimum Gasteiger partial charge on any atom is -0.462 e. The molecule has 0 unspecified atom stereocenters. The second kappa shape index (κ2) is 10.1. The van der Waals surface area contributed by atoms with E-state index in [1.54, 1.807) is 33.8 Å². The number of rotatable bonds is 8. The number of esters is 3. The van der Waals surface area contributed by atoms with Crippen molar-refractivity contribution in [2.75, 3.05) is 25.2 Å². The van der Waals surface area contributed by atoms with Crippen LogP contribution in [0, 0.1) is 18.3 Å². The van der Waals surface area contributed by atoms with Crippen molar-refractivity contribution in [2.24, 2.45) is 5.10 Å². The van der Waals surface area contributed by atoms with E-state index in [1.807, 2.05) is 0 Å². The third-order valence-electron chi connectivity index (χ3n) is 2.93. The highest BCUT2D eigenvalue weighted by Crippen LogP contribution is 2.34. The third-order valence-corrected chi connectivity index (χ3v) is 4.11. The van der Waals surface area contributed by atoms with Gasteiger partial charge in [0.1, 0.15) is 15.9 Å². The summed E-state index contributed by atoms with van der Waals surface area (Å²) in [4.78, 5) is 36.1. The Balaban J connectivity index is 3.29. The fourth-order valence-corrected chi connectivity index (χ4v) is 2.89. The van der Waals surface area contributed by atoms with Crippen LogP contribution >= 0.6 is 11.3 Å². The van der Waals surface area contributed by atoms with E-state index in [1.165, 1.54) is 0 Å². The Kier molecular flexibility index (Phi) is 8.24. The molecule has 1 aromatic heterocycles. The maximum atomic E-state index is 12.2. The summed E-state index contributed by atoms with van der Waals surface area (Å²) in [7, 11) is 0. The molecule has 10 heteroatoms. The van der Waals surface area contributed by atoms with Gasteiger partial charge in [0.2, 0.25) is 5.71 Å². The van der Waals surface area contributed by atoms with Crippen LogP contribution in [0.25, 0.3) is 0 Å². The minimum absolute atomic E-state index is 0.0821. The van der Waals surface area contributed by atoms with Crippen LogP contribution in [-0.2, 0) is 19.0 Å². The first-order chi connectivity index (χ1) is 12.4. The molecule has 1 rings (SSSR count). The Morgan fingerprint density at radius 2 is 1.65 bits per heavy atom. The van der Waals surface area contributed by atoms with E-state index >= 15 is 0 Å². The van der Waals surface area contributed by atoms with Crippen molar-refractivity contribution in [3.05, 3.63) is 16.0 Å². The second-order valence-corrected chi connectivity index (χ2v) is 5.63. The van der Waals surface area contributed by atoms with Crippen molar-refractivity contribution < 1.29 is 28.6 Å². The fourth-order valence-electron chi connectivity index (χ4n) is 1.86. The van der Waals surface area contributed by atoms with Gasteiger partial charge in [0.15, 0.2) is 0 Å². The number of carbonyl (C=O) groups excluding carboxylic acids is 3. The Morgan fingerprint density at radius 1 is 1.08 bits per heavy atom. The smallest absolute Gasteiger partial charge is 0.369 e. The number of nitrogens with zero attached hydrogens (tertiary/aromatic N) is 2. The lowest BCUT2D eigenvalue weighted by molar-refractivity contribution is -0.134. The maximum absolute atomic E-state index is 12.2. The Bertz CT molecular complexity index is 763. The number of nitrogens with one attached hydrogen (secondary N) is 1. The third kappa shape index (κ3) is 5.03. The van der Waals surface area contributed by atoms with E-state index < -0.39 is 23.6 Å². The summed E-state index contributed by atoms with van der Waals surface area (Å²) >= 11 is 0.911. The van der Waals surface area contributed by atoms with Gasteiger partial charge in [-0.2, -0.15) is 10.4 Å². The molecule has 0 radical (unpaired) electrons.